The Morgan fingerprint density at radius 3 is 2.91 bits per heavy atom. The average Bonchev–Trinajstić information content (AvgIpc) is 3.25. The van der Waals surface area contributed by atoms with E-state index in [2.05, 4.69) is 10.5 Å². The largest absolute Gasteiger partial charge is 0.358 e. The standard InChI is InChI=1S/C13H16N4O4S2/c1-15-13(18)9-6-8(14)7-17(9)23(19,20)12-3-2-11(22-12)10-4-5-16-21-10/h2-5,8-9H,6-7,14H2,1H3,(H,15,18)/t8-,9+/m1/s1. The van der Waals surface area contributed by atoms with Crippen molar-refractivity contribution in [3.05, 3.63) is 24.4 Å². The lowest BCUT2D eigenvalue weighted by Crippen LogP contribution is -2.44. The van der Waals surface area contributed by atoms with E-state index in [9.17, 15) is 13.2 Å². The molecule has 8 nitrogen and oxygen atoms in total. The smallest absolute Gasteiger partial charge is 0.253 e. The van der Waals surface area contributed by atoms with Crippen LogP contribution < -0.4 is 11.1 Å². The number of nitrogens with one attached hydrogen (secondary N) is 1. The molecule has 2 aromatic heterocycles. The number of nitrogens with two attached hydrogens (primary N) is 1. The van der Waals surface area contributed by atoms with Crippen molar-refractivity contribution in [3.63, 3.8) is 0 Å². The Bertz CT molecular complexity index is 800. The highest BCUT2D eigenvalue weighted by Crippen LogP contribution is 2.34. The first kappa shape index (κ1) is 16.1. The monoisotopic (exact) mass is 356 g/mol. The zero-order valence-corrected chi connectivity index (χ0v) is 13.9. The molecule has 1 fully saturated rings. The Morgan fingerprint density at radius 2 is 2.26 bits per heavy atom. The summed E-state index contributed by atoms with van der Waals surface area (Å²) in [5.41, 5.74) is 5.86. The highest BCUT2D eigenvalue weighted by Gasteiger charge is 2.43. The van der Waals surface area contributed by atoms with Crippen LogP contribution >= 0.6 is 11.3 Å². The number of likely N-dealkylation sites (N-methyl/N-ethyl adjacent to an activating group) is 1. The Kier molecular flexibility index (Phi) is 4.23. The Balaban J connectivity index is 1.93. The summed E-state index contributed by atoms with van der Waals surface area (Å²) in [6, 6.07) is 3.67. The number of hydrogen-bond acceptors (Lipinski definition) is 7. The molecule has 0 spiro atoms. The molecule has 0 aromatic carbocycles. The van der Waals surface area contributed by atoms with Gasteiger partial charge in [-0.1, -0.05) is 5.16 Å². The predicted octanol–water partition coefficient (Wildman–Crippen LogP) is 0.239. The van der Waals surface area contributed by atoms with Crippen molar-refractivity contribution >= 4 is 27.3 Å². The molecular formula is C13H16N4O4S2. The molecule has 3 rings (SSSR count). The molecule has 1 saturated heterocycles. The zero-order chi connectivity index (χ0) is 16.6. The summed E-state index contributed by atoms with van der Waals surface area (Å²) in [6.45, 7) is 0.121. The molecule has 3 heterocycles. The fourth-order valence-electron chi connectivity index (χ4n) is 2.56. The van der Waals surface area contributed by atoms with Gasteiger partial charge in [0, 0.05) is 25.7 Å². The first-order valence-electron chi connectivity index (χ1n) is 6.93. The van der Waals surface area contributed by atoms with E-state index in [1.54, 1.807) is 12.1 Å². The zero-order valence-electron chi connectivity index (χ0n) is 12.3. The minimum atomic E-state index is -3.80. The van der Waals surface area contributed by atoms with E-state index in [-0.39, 0.29) is 22.7 Å². The molecule has 3 N–H and O–H groups in total. The van der Waals surface area contributed by atoms with Crippen LogP contribution in [0.4, 0.5) is 0 Å². The molecule has 0 bridgehead atoms. The average molecular weight is 356 g/mol. The van der Waals surface area contributed by atoms with Gasteiger partial charge >= 0.3 is 0 Å². The van der Waals surface area contributed by atoms with E-state index in [1.165, 1.54) is 23.6 Å². The van der Waals surface area contributed by atoms with Crippen LogP contribution in [0.5, 0.6) is 0 Å². The second-order valence-corrected chi connectivity index (χ2v) is 8.40. The first-order chi connectivity index (χ1) is 10.9. The van der Waals surface area contributed by atoms with Crippen molar-refractivity contribution in [2.75, 3.05) is 13.6 Å². The maximum absolute atomic E-state index is 12.8. The summed E-state index contributed by atoms with van der Waals surface area (Å²) >= 11 is 1.07. The van der Waals surface area contributed by atoms with Crippen LogP contribution in [-0.2, 0) is 14.8 Å². The highest BCUT2D eigenvalue weighted by atomic mass is 32.2. The molecule has 0 saturated carbocycles. The summed E-state index contributed by atoms with van der Waals surface area (Å²) in [6.07, 6.45) is 1.80. The van der Waals surface area contributed by atoms with Gasteiger partial charge in [0.15, 0.2) is 5.76 Å². The summed E-state index contributed by atoms with van der Waals surface area (Å²) in [5, 5.41) is 6.09. The van der Waals surface area contributed by atoms with Crippen LogP contribution in [0.2, 0.25) is 0 Å². The SMILES string of the molecule is CNC(=O)[C@@H]1C[C@@H](N)CN1S(=O)(=O)c1ccc(-c2ccno2)s1. The molecule has 124 valence electrons. The lowest BCUT2D eigenvalue weighted by Gasteiger charge is -2.21. The Hall–Kier alpha value is -1.75. The van der Waals surface area contributed by atoms with Crippen LogP contribution in [0.15, 0.2) is 33.1 Å². The van der Waals surface area contributed by atoms with Crippen molar-refractivity contribution in [1.29, 1.82) is 0 Å². The number of nitrogens with zero attached hydrogens (tertiary/aromatic N) is 2. The van der Waals surface area contributed by atoms with E-state index >= 15 is 0 Å². The summed E-state index contributed by atoms with van der Waals surface area (Å²) < 4.78 is 32.0. The second-order valence-electron chi connectivity index (χ2n) is 5.20. The maximum atomic E-state index is 12.8. The van der Waals surface area contributed by atoms with E-state index < -0.39 is 16.1 Å². The summed E-state index contributed by atoms with van der Waals surface area (Å²) in [5.74, 6) is 0.144. The lowest BCUT2D eigenvalue weighted by atomic mass is 10.2. The molecule has 1 aliphatic heterocycles. The quantitative estimate of drug-likeness (QED) is 0.810. The van der Waals surface area contributed by atoms with Crippen molar-refractivity contribution in [3.8, 4) is 10.6 Å². The highest BCUT2D eigenvalue weighted by molar-refractivity contribution is 7.91. The lowest BCUT2D eigenvalue weighted by molar-refractivity contribution is -0.123. The number of thiophene rings is 1. The molecule has 1 amide bonds. The molecule has 0 aliphatic carbocycles. The van der Waals surface area contributed by atoms with Gasteiger partial charge in [-0.05, 0) is 18.6 Å². The molecule has 0 unspecified atom stereocenters. The third-order valence-corrected chi connectivity index (χ3v) is 7.10. The fourth-order valence-corrected chi connectivity index (χ4v) is 5.61. The molecule has 10 heteroatoms. The van der Waals surface area contributed by atoms with E-state index in [4.69, 9.17) is 10.3 Å². The van der Waals surface area contributed by atoms with Gasteiger partial charge in [0.2, 0.25) is 5.91 Å². The van der Waals surface area contributed by atoms with Crippen LogP contribution in [0.25, 0.3) is 10.6 Å². The number of carbonyl (C=O) groups excluding carboxylic acids is 1. The van der Waals surface area contributed by atoms with Gasteiger partial charge in [0.25, 0.3) is 10.0 Å². The molecule has 1 aliphatic rings. The van der Waals surface area contributed by atoms with Gasteiger partial charge in [0.1, 0.15) is 10.3 Å². The number of sulfonamides is 1. The molecular weight excluding hydrogens is 340 g/mol. The van der Waals surface area contributed by atoms with Gasteiger partial charge in [0.05, 0.1) is 11.1 Å². The van der Waals surface area contributed by atoms with Gasteiger partial charge < -0.3 is 15.6 Å². The third kappa shape index (κ3) is 2.90. The molecule has 2 atom stereocenters. The number of aromatic nitrogens is 1. The van der Waals surface area contributed by atoms with E-state index in [0.717, 1.165) is 11.3 Å². The number of rotatable bonds is 4. The van der Waals surface area contributed by atoms with Gasteiger partial charge in [-0.3, -0.25) is 4.79 Å². The third-order valence-electron chi connectivity index (χ3n) is 3.66. The van der Waals surface area contributed by atoms with Crippen LogP contribution in [-0.4, -0.2) is 49.5 Å². The normalized spacial score (nSPS) is 22.3. The van der Waals surface area contributed by atoms with Crippen LogP contribution in [0.1, 0.15) is 6.42 Å². The fraction of sp³-hybridized carbons (Fsp3) is 0.385. The second kappa shape index (κ2) is 6.04. The van der Waals surface area contributed by atoms with E-state index in [1.807, 2.05) is 0 Å². The first-order valence-corrected chi connectivity index (χ1v) is 9.19. The van der Waals surface area contributed by atoms with Gasteiger partial charge in [-0.25, -0.2) is 8.42 Å². The molecule has 2 aromatic rings. The molecule has 23 heavy (non-hydrogen) atoms. The van der Waals surface area contributed by atoms with Crippen LogP contribution in [0, 0.1) is 0 Å². The van der Waals surface area contributed by atoms with Crippen molar-refractivity contribution in [2.24, 2.45) is 5.73 Å². The summed E-state index contributed by atoms with van der Waals surface area (Å²) in [7, 11) is -2.32. The number of carbonyl (C=O) groups is 1. The van der Waals surface area contributed by atoms with E-state index in [0.29, 0.717) is 17.1 Å². The molecule has 0 radical (unpaired) electrons. The van der Waals surface area contributed by atoms with Gasteiger partial charge in [-0.2, -0.15) is 4.31 Å². The minimum Gasteiger partial charge on any atom is -0.358 e. The van der Waals surface area contributed by atoms with Crippen LogP contribution in [0.3, 0.4) is 0 Å². The number of hydrogen-bond donors (Lipinski definition) is 2. The summed E-state index contributed by atoms with van der Waals surface area (Å²) in [4.78, 5) is 12.6. The maximum Gasteiger partial charge on any atom is 0.253 e. The Labute approximate surface area is 137 Å². The van der Waals surface area contributed by atoms with Crippen molar-refractivity contribution in [1.82, 2.24) is 14.8 Å². The van der Waals surface area contributed by atoms with Crippen molar-refractivity contribution in [2.45, 2.75) is 22.7 Å². The van der Waals surface area contributed by atoms with Crippen molar-refractivity contribution < 1.29 is 17.7 Å². The topological polar surface area (TPSA) is 119 Å². The predicted molar refractivity (Wildman–Crippen MR) is 84.2 cm³/mol. The Morgan fingerprint density at radius 1 is 1.48 bits per heavy atom. The minimum absolute atomic E-state index is 0.121. The van der Waals surface area contributed by atoms with Gasteiger partial charge in [-0.15, -0.1) is 11.3 Å². The number of amides is 1.